The molecule has 11 heteroatoms. The Kier molecular flexibility index (Phi) is 8.37. The van der Waals surface area contributed by atoms with E-state index in [1.165, 1.54) is 23.8 Å². The Labute approximate surface area is 208 Å². The van der Waals surface area contributed by atoms with E-state index in [2.05, 4.69) is 15.5 Å². The van der Waals surface area contributed by atoms with Crippen molar-refractivity contribution in [2.75, 3.05) is 26.0 Å². The lowest BCUT2D eigenvalue weighted by molar-refractivity contribution is -0.152. The molecule has 0 N–H and O–H groups in total. The molecule has 1 aliphatic carbocycles. The molecule has 35 heavy (non-hydrogen) atoms. The van der Waals surface area contributed by atoms with Gasteiger partial charge in [-0.1, -0.05) is 42.1 Å². The second kappa shape index (κ2) is 11.7. The minimum atomic E-state index is -0.620. The molecule has 10 nitrogen and oxygen atoms in total. The number of carbonyl (C=O) groups excluding carboxylic acids is 3. The van der Waals surface area contributed by atoms with Crippen molar-refractivity contribution in [3.05, 3.63) is 35.9 Å². The molecular formula is C24H31N5O5S. The average molecular weight is 502 g/mol. The van der Waals surface area contributed by atoms with Gasteiger partial charge in [0.25, 0.3) is 0 Å². The molecule has 4 atom stereocenters. The molecule has 1 saturated heterocycles. The van der Waals surface area contributed by atoms with E-state index in [9.17, 15) is 14.4 Å². The molecule has 0 spiro atoms. The van der Waals surface area contributed by atoms with Crippen molar-refractivity contribution in [2.45, 2.75) is 50.4 Å². The van der Waals surface area contributed by atoms with Gasteiger partial charge in [0.2, 0.25) is 5.16 Å². The number of fused-ring (bicyclic) bond motifs is 1. The van der Waals surface area contributed by atoms with Crippen molar-refractivity contribution in [3.8, 4) is 0 Å². The van der Waals surface area contributed by atoms with Crippen LogP contribution in [-0.4, -0.2) is 75.0 Å². The number of benzene rings is 1. The number of hydrogen-bond acceptors (Lipinski definition) is 9. The number of aromatic nitrogens is 4. The van der Waals surface area contributed by atoms with Crippen molar-refractivity contribution >= 4 is 29.6 Å². The van der Waals surface area contributed by atoms with E-state index in [1.54, 1.807) is 23.7 Å². The lowest BCUT2D eigenvalue weighted by atomic mass is 9.69. The number of likely N-dealkylation sites (tertiary alicyclic amines) is 1. The van der Waals surface area contributed by atoms with E-state index in [1.807, 2.05) is 18.2 Å². The van der Waals surface area contributed by atoms with Crippen LogP contribution in [0.15, 0.2) is 35.5 Å². The molecule has 2 aliphatic rings. The van der Waals surface area contributed by atoms with Gasteiger partial charge in [0.1, 0.15) is 6.04 Å². The summed E-state index contributed by atoms with van der Waals surface area (Å²) in [5.74, 6) is 0.897. The number of hydrogen-bond donors (Lipinski definition) is 0. The van der Waals surface area contributed by atoms with Gasteiger partial charge in [-0.2, -0.15) is 0 Å². The van der Waals surface area contributed by atoms with Crippen LogP contribution in [-0.2, 0) is 20.8 Å². The summed E-state index contributed by atoms with van der Waals surface area (Å²) in [4.78, 5) is 38.9. The smallest absolute Gasteiger partial charge is 0.410 e. The quantitative estimate of drug-likeness (QED) is 0.305. The van der Waals surface area contributed by atoms with E-state index >= 15 is 0 Å². The number of piperidine rings is 1. The Bertz CT molecular complexity index is 1030. The highest BCUT2D eigenvalue weighted by Crippen LogP contribution is 2.42. The third-order valence-electron chi connectivity index (χ3n) is 6.91. The summed E-state index contributed by atoms with van der Waals surface area (Å²) in [7, 11) is 1.34. The third kappa shape index (κ3) is 6.01. The molecule has 0 radical (unpaired) electrons. The first-order valence-corrected chi connectivity index (χ1v) is 13.0. The maximum atomic E-state index is 12.6. The lowest BCUT2D eigenvalue weighted by Gasteiger charge is -2.46. The molecule has 1 amide bonds. The van der Waals surface area contributed by atoms with Crippen LogP contribution in [0.3, 0.4) is 0 Å². The van der Waals surface area contributed by atoms with Crippen LogP contribution in [0.4, 0.5) is 4.79 Å². The topological polar surface area (TPSA) is 117 Å². The first kappa shape index (κ1) is 25.2. The first-order chi connectivity index (χ1) is 17.0. The van der Waals surface area contributed by atoms with Gasteiger partial charge in [-0.25, -0.2) is 14.3 Å². The van der Waals surface area contributed by atoms with Crippen molar-refractivity contribution < 1.29 is 23.9 Å². The third-order valence-corrected chi connectivity index (χ3v) is 7.87. The van der Waals surface area contributed by atoms with E-state index in [-0.39, 0.29) is 24.1 Å². The first-order valence-electron chi connectivity index (χ1n) is 12.0. The summed E-state index contributed by atoms with van der Waals surface area (Å²) in [5, 5.41) is 12.7. The Morgan fingerprint density at radius 2 is 1.91 bits per heavy atom. The molecular weight excluding hydrogens is 470 g/mol. The van der Waals surface area contributed by atoms with Crippen molar-refractivity contribution in [3.63, 3.8) is 0 Å². The maximum Gasteiger partial charge on any atom is 0.410 e. The zero-order valence-electron chi connectivity index (χ0n) is 20.0. The van der Waals surface area contributed by atoms with E-state index < -0.39 is 12.1 Å². The highest BCUT2D eigenvalue weighted by atomic mass is 32.2. The van der Waals surface area contributed by atoms with Gasteiger partial charge in [-0.3, -0.25) is 9.69 Å². The lowest BCUT2D eigenvalue weighted by Crippen LogP contribution is -2.55. The SMILES string of the molecule is CCOC(=O)[C@@H]1C[C@H]2C[C@@H](Cn3nnnc3SCC(=O)c3ccccc3)CC[C@H]2CN1C(=O)OC. The fourth-order valence-corrected chi connectivity index (χ4v) is 5.97. The monoisotopic (exact) mass is 501 g/mol. The minimum absolute atomic E-state index is 0.0352. The Balaban J connectivity index is 1.36. The molecule has 1 aromatic heterocycles. The second-order valence-corrected chi connectivity index (χ2v) is 9.99. The summed E-state index contributed by atoms with van der Waals surface area (Å²) >= 11 is 1.34. The molecule has 4 rings (SSSR count). The number of rotatable bonds is 8. The number of carbonyl (C=O) groups is 3. The molecule has 1 aromatic carbocycles. The fraction of sp³-hybridized carbons (Fsp3) is 0.583. The number of nitrogens with zero attached hydrogens (tertiary/aromatic N) is 5. The summed E-state index contributed by atoms with van der Waals surface area (Å²) < 4.78 is 11.9. The highest BCUT2D eigenvalue weighted by molar-refractivity contribution is 7.99. The van der Waals surface area contributed by atoms with Crippen LogP contribution in [0.5, 0.6) is 0 Å². The molecule has 2 heterocycles. The fourth-order valence-electron chi connectivity index (χ4n) is 5.19. The van der Waals surface area contributed by atoms with E-state index in [0.717, 1.165) is 19.3 Å². The highest BCUT2D eigenvalue weighted by Gasteiger charge is 2.44. The number of esters is 1. The van der Waals surface area contributed by atoms with Gasteiger partial charge in [-0.05, 0) is 60.8 Å². The number of ether oxygens (including phenoxy) is 2. The van der Waals surface area contributed by atoms with Crippen LogP contribution in [0.1, 0.15) is 43.0 Å². The maximum absolute atomic E-state index is 12.6. The van der Waals surface area contributed by atoms with Gasteiger partial charge in [0, 0.05) is 18.7 Å². The number of amides is 1. The minimum Gasteiger partial charge on any atom is -0.464 e. The van der Waals surface area contributed by atoms with Crippen LogP contribution in [0, 0.1) is 17.8 Å². The van der Waals surface area contributed by atoms with Crippen LogP contribution in [0.25, 0.3) is 0 Å². The molecule has 0 bridgehead atoms. The number of tetrazole rings is 1. The second-order valence-electron chi connectivity index (χ2n) is 9.05. The van der Waals surface area contributed by atoms with Crippen LogP contribution < -0.4 is 0 Å². The number of Topliss-reactive ketones (excluding diaryl/α,β-unsaturated/α-hetero) is 1. The molecule has 1 aliphatic heterocycles. The predicted molar refractivity (Wildman–Crippen MR) is 128 cm³/mol. The predicted octanol–water partition coefficient (Wildman–Crippen LogP) is 3.08. The van der Waals surface area contributed by atoms with Gasteiger partial charge >= 0.3 is 12.1 Å². The molecule has 1 saturated carbocycles. The largest absolute Gasteiger partial charge is 0.464 e. The van der Waals surface area contributed by atoms with Gasteiger partial charge in [0.05, 0.1) is 19.5 Å². The van der Waals surface area contributed by atoms with Crippen LogP contribution >= 0.6 is 11.8 Å². The van der Waals surface area contributed by atoms with Gasteiger partial charge in [-0.15, -0.1) is 5.10 Å². The Hall–Kier alpha value is -2.95. The van der Waals surface area contributed by atoms with Crippen LogP contribution in [0.2, 0.25) is 0 Å². The molecule has 188 valence electrons. The Morgan fingerprint density at radius 1 is 1.11 bits per heavy atom. The summed E-state index contributed by atoms with van der Waals surface area (Å²) in [5.41, 5.74) is 0.673. The van der Waals surface area contributed by atoms with Crippen molar-refractivity contribution in [1.82, 2.24) is 25.1 Å². The zero-order valence-corrected chi connectivity index (χ0v) is 20.9. The molecule has 2 aromatic rings. The summed E-state index contributed by atoms with van der Waals surface area (Å²) in [6, 6.07) is 8.57. The normalized spacial score (nSPS) is 23.9. The number of methoxy groups -OCH3 is 1. The van der Waals surface area contributed by atoms with E-state index in [0.29, 0.717) is 48.0 Å². The molecule has 0 unspecified atom stereocenters. The zero-order chi connectivity index (χ0) is 24.8. The van der Waals surface area contributed by atoms with Gasteiger partial charge < -0.3 is 9.47 Å². The van der Waals surface area contributed by atoms with E-state index in [4.69, 9.17) is 9.47 Å². The number of thioether (sulfide) groups is 1. The summed E-state index contributed by atoms with van der Waals surface area (Å²) in [6.45, 7) is 3.19. The van der Waals surface area contributed by atoms with Crippen molar-refractivity contribution in [1.29, 1.82) is 0 Å². The molecule has 2 fully saturated rings. The standard InChI is InChI=1S/C24H31N5O5S/c1-3-34-22(31)20-12-19-11-16(9-10-18(19)14-28(20)24(32)33-2)13-29-23(25-26-27-29)35-15-21(30)17-7-5-4-6-8-17/h4-8,16,18-20H,3,9-15H2,1-2H3/t16-,18-,19+,20-/m0/s1. The van der Waals surface area contributed by atoms with Crippen molar-refractivity contribution in [2.24, 2.45) is 17.8 Å². The van der Waals surface area contributed by atoms with Gasteiger partial charge in [0.15, 0.2) is 5.78 Å². The number of ketones is 1. The average Bonchev–Trinajstić information content (AvgIpc) is 3.33. The summed E-state index contributed by atoms with van der Waals surface area (Å²) in [6.07, 6.45) is 2.94. The Morgan fingerprint density at radius 3 is 2.66 bits per heavy atom.